The normalized spacial score (nSPS) is 30.7. The summed E-state index contributed by atoms with van der Waals surface area (Å²) in [7, 11) is 1.55. The molecule has 1 heterocycles. The fourth-order valence-electron chi connectivity index (χ4n) is 9.59. The zero-order chi connectivity index (χ0) is 32.1. The van der Waals surface area contributed by atoms with Gasteiger partial charge in [-0.25, -0.2) is 0 Å². The Morgan fingerprint density at radius 3 is 2.09 bits per heavy atom. The summed E-state index contributed by atoms with van der Waals surface area (Å²) in [5.41, 5.74) is 4.93. The number of benzene rings is 2. The molecule has 2 aromatic carbocycles. The van der Waals surface area contributed by atoms with Crippen LogP contribution in [0.1, 0.15) is 80.6 Å². The highest BCUT2D eigenvalue weighted by atomic mass is 16.5. The first-order chi connectivity index (χ1) is 21.4. The number of carbonyl (C=O) groups is 5. The highest BCUT2D eigenvalue weighted by molar-refractivity contribution is 6.19. The number of fused-ring (bicyclic) bond motifs is 1. The van der Waals surface area contributed by atoms with Crippen molar-refractivity contribution in [2.24, 2.45) is 28.9 Å². The number of ketones is 1. The number of carboxylic acid groups (broad SMARTS) is 1. The van der Waals surface area contributed by atoms with Gasteiger partial charge in [0.05, 0.1) is 31.8 Å². The molecule has 2 atom stereocenters. The van der Waals surface area contributed by atoms with Crippen LogP contribution >= 0.6 is 0 Å². The topological polar surface area (TPSA) is 147 Å². The molecule has 0 spiro atoms. The van der Waals surface area contributed by atoms with Crippen molar-refractivity contribution in [2.75, 3.05) is 12.0 Å². The van der Waals surface area contributed by atoms with Crippen LogP contribution in [0, 0.1) is 23.2 Å². The van der Waals surface area contributed by atoms with E-state index in [2.05, 4.69) is 0 Å². The van der Waals surface area contributed by atoms with Crippen LogP contribution < -0.4 is 15.4 Å². The second kappa shape index (κ2) is 11.6. The third-order valence-corrected chi connectivity index (χ3v) is 10.7. The van der Waals surface area contributed by atoms with Crippen molar-refractivity contribution < 1.29 is 33.8 Å². The van der Waals surface area contributed by atoms with Gasteiger partial charge in [-0.2, -0.15) is 0 Å². The van der Waals surface area contributed by atoms with Gasteiger partial charge in [0.2, 0.25) is 11.4 Å². The zero-order valence-electron chi connectivity index (χ0n) is 25.9. The number of methoxy groups -OCH3 is 1. The molecule has 238 valence electrons. The molecule has 0 saturated heterocycles. The van der Waals surface area contributed by atoms with Crippen molar-refractivity contribution in [1.29, 1.82) is 0 Å². The molecule has 4 bridgehead atoms. The van der Waals surface area contributed by atoms with Crippen LogP contribution in [0.25, 0.3) is 0 Å². The highest BCUT2D eigenvalue weighted by Gasteiger charge is 2.62. The molecule has 5 aliphatic rings. The first-order valence-corrected chi connectivity index (χ1v) is 15.8. The fraction of sp³-hybridized carbons (Fsp3) is 0.514. The average molecular weight is 616 g/mol. The lowest BCUT2D eigenvalue weighted by Crippen LogP contribution is -2.71. The quantitative estimate of drug-likeness (QED) is 0.420. The number of amides is 3. The summed E-state index contributed by atoms with van der Waals surface area (Å²) in [6.07, 6.45) is 4.86. The number of carboxylic acids is 1. The Morgan fingerprint density at radius 2 is 1.56 bits per heavy atom. The van der Waals surface area contributed by atoms with Gasteiger partial charge in [-0.1, -0.05) is 24.3 Å². The number of nitrogens with two attached hydrogens (primary N) is 1. The Labute approximate surface area is 262 Å². The molecular formula is C35H41N3O7. The van der Waals surface area contributed by atoms with E-state index in [1.807, 2.05) is 0 Å². The number of rotatable bonds is 8. The summed E-state index contributed by atoms with van der Waals surface area (Å²) >= 11 is 0. The Kier molecular flexibility index (Phi) is 7.95. The highest BCUT2D eigenvalue weighted by Crippen LogP contribution is 2.63. The van der Waals surface area contributed by atoms with Crippen molar-refractivity contribution in [3.8, 4) is 5.75 Å². The smallest absolute Gasteiger partial charge is 0.305 e. The number of para-hydroxylation sites is 1. The molecule has 0 aromatic heterocycles. The number of hydrogen-bond acceptors (Lipinski definition) is 6. The minimum Gasteiger partial charge on any atom is -0.497 e. The van der Waals surface area contributed by atoms with Gasteiger partial charge in [-0.05, 0) is 97.9 Å². The van der Waals surface area contributed by atoms with E-state index in [0.717, 1.165) is 43.4 Å². The third kappa shape index (κ3) is 5.48. The van der Waals surface area contributed by atoms with Gasteiger partial charge in [0.1, 0.15) is 5.75 Å². The van der Waals surface area contributed by atoms with E-state index >= 15 is 4.79 Å². The third-order valence-electron chi connectivity index (χ3n) is 10.7. The largest absolute Gasteiger partial charge is 0.497 e. The number of ether oxygens (including phenoxy) is 1. The number of aliphatic carboxylic acids is 1. The average Bonchev–Trinajstić information content (AvgIpc) is 3.00. The maximum absolute atomic E-state index is 15.4. The molecule has 7 rings (SSSR count). The van der Waals surface area contributed by atoms with E-state index in [9.17, 15) is 24.3 Å². The molecule has 1 aliphatic heterocycles. The lowest BCUT2D eigenvalue weighted by Gasteiger charge is -2.59. The van der Waals surface area contributed by atoms with Crippen LogP contribution in [-0.4, -0.2) is 58.2 Å². The molecule has 4 aliphatic carbocycles. The van der Waals surface area contributed by atoms with Gasteiger partial charge >= 0.3 is 5.97 Å². The lowest BCUT2D eigenvalue weighted by atomic mass is 9.47. The summed E-state index contributed by atoms with van der Waals surface area (Å²) in [5, 5.41) is 9.98. The van der Waals surface area contributed by atoms with Gasteiger partial charge in [-0.15, -0.1) is 0 Å². The standard InChI is InChI=1S/C35H41N3O7/c1-21(39)38-26(15-31(41)42)14-30(40)28-5-3-4-6-29(28)37(19-22-7-9-27(45-2)10-8-22)33(44)35(38,32(36)43)20-34-16-23-11-24(17-34)13-25(12-23)18-34/h3-10,23-26H,11-20H2,1-2H3,(H2,36,43)(H,41,42)/t23?,24?,25?,26-,34?,35+/m0/s1. The van der Waals surface area contributed by atoms with Crippen molar-refractivity contribution >= 4 is 35.2 Å². The summed E-state index contributed by atoms with van der Waals surface area (Å²) in [4.78, 5) is 72.0. The van der Waals surface area contributed by atoms with Gasteiger partial charge < -0.3 is 25.4 Å². The minimum absolute atomic E-state index is 0.00281. The van der Waals surface area contributed by atoms with Gasteiger partial charge in [0, 0.05) is 18.9 Å². The van der Waals surface area contributed by atoms with Crippen LogP contribution in [0.4, 0.5) is 5.69 Å². The van der Waals surface area contributed by atoms with Crippen LogP contribution in [0.15, 0.2) is 48.5 Å². The molecule has 3 amide bonds. The summed E-state index contributed by atoms with van der Waals surface area (Å²) < 4.78 is 5.31. The number of carbonyl (C=O) groups excluding carboxylic acids is 4. The van der Waals surface area contributed by atoms with Gasteiger partial charge in [-0.3, -0.25) is 24.0 Å². The second-order valence-corrected chi connectivity index (χ2v) is 13.8. The maximum atomic E-state index is 15.4. The zero-order valence-corrected chi connectivity index (χ0v) is 25.9. The van der Waals surface area contributed by atoms with E-state index in [1.54, 1.807) is 55.6 Å². The number of hydrogen-bond donors (Lipinski definition) is 2. The Morgan fingerprint density at radius 1 is 0.956 bits per heavy atom. The summed E-state index contributed by atoms with van der Waals surface area (Å²) in [6.45, 7) is 1.21. The van der Waals surface area contributed by atoms with Crippen molar-refractivity contribution in [3.05, 3.63) is 59.7 Å². The number of nitrogens with zero attached hydrogens (tertiary/aromatic N) is 2. The molecule has 4 fully saturated rings. The van der Waals surface area contributed by atoms with Gasteiger partial charge in [0.15, 0.2) is 5.78 Å². The second-order valence-electron chi connectivity index (χ2n) is 13.8. The molecule has 45 heavy (non-hydrogen) atoms. The first-order valence-electron chi connectivity index (χ1n) is 15.8. The molecule has 0 unspecified atom stereocenters. The number of Topliss-reactive ketones (excluding diaryl/α,β-unsaturated/α-hetero) is 1. The van der Waals surface area contributed by atoms with E-state index in [-0.39, 0.29) is 24.9 Å². The Bertz CT molecular complexity index is 1500. The maximum Gasteiger partial charge on any atom is 0.305 e. The van der Waals surface area contributed by atoms with Crippen LogP contribution in [-0.2, 0) is 25.7 Å². The fourth-order valence-corrected chi connectivity index (χ4v) is 9.59. The van der Waals surface area contributed by atoms with E-state index < -0.39 is 52.9 Å². The molecule has 4 saturated carbocycles. The van der Waals surface area contributed by atoms with Gasteiger partial charge in [0.25, 0.3) is 11.8 Å². The Balaban J connectivity index is 1.57. The van der Waals surface area contributed by atoms with Crippen molar-refractivity contribution in [2.45, 2.75) is 82.8 Å². The minimum atomic E-state index is -2.21. The molecule has 10 nitrogen and oxygen atoms in total. The predicted octanol–water partition coefficient (Wildman–Crippen LogP) is 4.34. The van der Waals surface area contributed by atoms with E-state index in [4.69, 9.17) is 10.5 Å². The van der Waals surface area contributed by atoms with Crippen molar-refractivity contribution in [1.82, 2.24) is 4.90 Å². The number of primary amides is 1. The van der Waals surface area contributed by atoms with Crippen LogP contribution in [0.3, 0.4) is 0 Å². The molecular weight excluding hydrogens is 574 g/mol. The first kappa shape index (κ1) is 30.8. The number of anilines is 1. The molecule has 3 N–H and O–H groups in total. The SMILES string of the molecule is COc1ccc(CN2C(=O)[C@@](CC34CC5CC(CC(C5)C3)C4)(C(N)=O)N(C(C)=O)[C@H](CC(=O)O)CC(=O)c3ccccc32)cc1. The van der Waals surface area contributed by atoms with E-state index in [1.165, 1.54) is 11.8 Å². The molecule has 10 heteroatoms. The molecule has 2 aromatic rings. The predicted molar refractivity (Wildman–Crippen MR) is 165 cm³/mol. The van der Waals surface area contributed by atoms with E-state index in [0.29, 0.717) is 34.8 Å². The van der Waals surface area contributed by atoms with Crippen LogP contribution in [0.5, 0.6) is 5.75 Å². The van der Waals surface area contributed by atoms with Crippen LogP contribution in [0.2, 0.25) is 0 Å². The summed E-state index contributed by atoms with van der Waals surface area (Å²) in [6, 6.07) is 12.5. The lowest BCUT2D eigenvalue weighted by molar-refractivity contribution is -0.165. The van der Waals surface area contributed by atoms with Crippen molar-refractivity contribution in [3.63, 3.8) is 0 Å². The monoisotopic (exact) mass is 615 g/mol. The Hall–Kier alpha value is -4.21. The molecule has 0 radical (unpaired) electrons. The summed E-state index contributed by atoms with van der Waals surface area (Å²) in [5.74, 6) is -2.00.